The Balaban J connectivity index is 1.40. The van der Waals surface area contributed by atoms with Gasteiger partial charge < -0.3 is 19.4 Å². The second kappa shape index (κ2) is 6.67. The molecular formula is C19H26N4O2. The predicted octanol–water partition coefficient (Wildman–Crippen LogP) is 2.27. The summed E-state index contributed by atoms with van der Waals surface area (Å²) in [7, 11) is 1.72. The van der Waals surface area contributed by atoms with Crippen molar-refractivity contribution in [3.8, 4) is 11.5 Å². The van der Waals surface area contributed by atoms with Crippen molar-refractivity contribution in [2.75, 3.05) is 13.7 Å². The van der Waals surface area contributed by atoms with Crippen LogP contribution in [0, 0.1) is 12.8 Å². The Kier molecular flexibility index (Phi) is 4.37. The maximum absolute atomic E-state index is 6.02. The van der Waals surface area contributed by atoms with Crippen molar-refractivity contribution in [1.82, 2.24) is 20.1 Å². The largest absolute Gasteiger partial charge is 0.497 e. The van der Waals surface area contributed by atoms with Crippen LogP contribution >= 0.6 is 0 Å². The molecule has 25 heavy (non-hydrogen) atoms. The number of benzene rings is 1. The van der Waals surface area contributed by atoms with Crippen molar-refractivity contribution in [2.24, 2.45) is 5.92 Å². The number of ether oxygens (including phenoxy) is 2. The third kappa shape index (κ3) is 3.23. The normalized spacial score (nSPS) is 21.6. The van der Waals surface area contributed by atoms with Crippen LogP contribution in [-0.2, 0) is 25.9 Å². The molecule has 4 rings (SSSR count). The summed E-state index contributed by atoms with van der Waals surface area (Å²) in [4.78, 5) is 0. The van der Waals surface area contributed by atoms with Gasteiger partial charge in [-0.1, -0.05) is 0 Å². The van der Waals surface area contributed by atoms with E-state index in [0.717, 1.165) is 62.0 Å². The molecule has 3 heterocycles. The first-order valence-corrected chi connectivity index (χ1v) is 9.10. The number of aryl methyl sites for hydroxylation is 2. The fourth-order valence-corrected chi connectivity index (χ4v) is 3.93. The van der Waals surface area contributed by atoms with Gasteiger partial charge >= 0.3 is 0 Å². The summed E-state index contributed by atoms with van der Waals surface area (Å²) in [5, 5.41) is 12.1. The Morgan fingerprint density at radius 1 is 1.36 bits per heavy atom. The summed E-state index contributed by atoms with van der Waals surface area (Å²) < 4.78 is 13.7. The van der Waals surface area contributed by atoms with E-state index in [1.165, 1.54) is 11.1 Å². The molecular weight excluding hydrogens is 316 g/mol. The number of nitrogens with one attached hydrogen (secondary N) is 1. The van der Waals surface area contributed by atoms with Crippen LogP contribution in [0.1, 0.15) is 36.1 Å². The average molecular weight is 342 g/mol. The first-order chi connectivity index (χ1) is 12.1. The van der Waals surface area contributed by atoms with Crippen LogP contribution in [0.25, 0.3) is 0 Å². The van der Waals surface area contributed by atoms with Gasteiger partial charge in [0.2, 0.25) is 0 Å². The van der Waals surface area contributed by atoms with E-state index < -0.39 is 0 Å². The molecule has 1 aromatic carbocycles. The van der Waals surface area contributed by atoms with Crippen LogP contribution in [0.3, 0.4) is 0 Å². The van der Waals surface area contributed by atoms with Gasteiger partial charge in [-0.2, -0.15) is 0 Å². The Bertz CT molecular complexity index is 771. The lowest BCUT2D eigenvalue weighted by Crippen LogP contribution is -2.30. The summed E-state index contributed by atoms with van der Waals surface area (Å²) in [5.74, 6) is 4.72. The van der Waals surface area contributed by atoms with E-state index in [0.29, 0.717) is 5.92 Å². The third-order valence-corrected chi connectivity index (χ3v) is 5.26. The maximum Gasteiger partial charge on any atom is 0.133 e. The summed E-state index contributed by atoms with van der Waals surface area (Å²) in [6, 6.07) is 4.19. The molecule has 6 nitrogen and oxygen atoms in total. The minimum Gasteiger partial charge on any atom is -0.497 e. The number of fused-ring (bicyclic) bond motifs is 2. The highest BCUT2D eigenvalue weighted by molar-refractivity contribution is 5.49. The van der Waals surface area contributed by atoms with Crippen molar-refractivity contribution < 1.29 is 9.47 Å². The lowest BCUT2D eigenvalue weighted by Gasteiger charge is -2.24. The van der Waals surface area contributed by atoms with Gasteiger partial charge in [0.05, 0.1) is 7.11 Å². The van der Waals surface area contributed by atoms with E-state index in [2.05, 4.69) is 39.1 Å². The van der Waals surface area contributed by atoms with Crippen LogP contribution in [0.15, 0.2) is 12.1 Å². The quantitative estimate of drug-likeness (QED) is 0.903. The zero-order valence-corrected chi connectivity index (χ0v) is 15.2. The zero-order chi connectivity index (χ0) is 17.4. The number of nitrogens with zero attached hydrogens (tertiary/aromatic N) is 3. The molecule has 0 aliphatic carbocycles. The van der Waals surface area contributed by atoms with E-state index in [1.54, 1.807) is 7.11 Å². The minimum absolute atomic E-state index is 0.245. The van der Waals surface area contributed by atoms with Crippen molar-refractivity contribution in [3.63, 3.8) is 0 Å². The molecule has 0 unspecified atom stereocenters. The number of hydrogen-bond acceptors (Lipinski definition) is 5. The van der Waals surface area contributed by atoms with Crippen LogP contribution in [0.5, 0.6) is 11.5 Å². The monoisotopic (exact) mass is 342 g/mol. The van der Waals surface area contributed by atoms with E-state index in [-0.39, 0.29) is 6.10 Å². The fraction of sp³-hybridized carbons (Fsp3) is 0.579. The van der Waals surface area contributed by atoms with Gasteiger partial charge in [-0.15, -0.1) is 10.2 Å². The van der Waals surface area contributed by atoms with Gasteiger partial charge in [-0.3, -0.25) is 0 Å². The fourth-order valence-electron chi connectivity index (χ4n) is 3.93. The van der Waals surface area contributed by atoms with Gasteiger partial charge in [0, 0.05) is 37.1 Å². The second-order valence-electron chi connectivity index (χ2n) is 7.22. The van der Waals surface area contributed by atoms with Gasteiger partial charge in [0.15, 0.2) is 0 Å². The second-order valence-corrected chi connectivity index (χ2v) is 7.22. The van der Waals surface area contributed by atoms with Crippen molar-refractivity contribution in [2.45, 2.75) is 52.3 Å². The van der Waals surface area contributed by atoms with Crippen LogP contribution in [-0.4, -0.2) is 34.5 Å². The molecule has 0 amide bonds. The molecule has 0 fully saturated rings. The molecule has 2 atom stereocenters. The zero-order valence-electron chi connectivity index (χ0n) is 15.2. The highest BCUT2D eigenvalue weighted by Crippen LogP contribution is 2.36. The highest BCUT2D eigenvalue weighted by atomic mass is 16.5. The van der Waals surface area contributed by atoms with Crippen LogP contribution in [0.4, 0.5) is 0 Å². The molecule has 2 aliphatic rings. The molecule has 6 heteroatoms. The average Bonchev–Trinajstić information content (AvgIpc) is 3.17. The van der Waals surface area contributed by atoms with E-state index in [1.807, 2.05) is 6.92 Å². The summed E-state index contributed by atoms with van der Waals surface area (Å²) in [6.45, 7) is 6.94. The molecule has 2 aliphatic heterocycles. The summed E-state index contributed by atoms with van der Waals surface area (Å²) in [6.07, 6.45) is 3.38. The molecule has 134 valence electrons. The van der Waals surface area contributed by atoms with Crippen LogP contribution < -0.4 is 14.8 Å². The van der Waals surface area contributed by atoms with Gasteiger partial charge in [0.25, 0.3) is 0 Å². The number of rotatable bonds is 5. The standard InChI is InChI=1S/C19H26N4O2/c1-12-6-15-7-17(24-3)8-16(19(15)25-12)10-20-9-14-4-5-18-22-21-13(2)23(18)11-14/h7-8,12,14,20H,4-6,9-11H2,1-3H3/t12-,14+/m0/s1. The van der Waals surface area contributed by atoms with E-state index in [4.69, 9.17) is 9.47 Å². The molecule has 0 bridgehead atoms. The SMILES string of the molecule is COc1cc(CNC[C@H]2CCc3nnc(C)n3C2)c2c(c1)C[C@H](C)O2. The lowest BCUT2D eigenvalue weighted by molar-refractivity contribution is 0.251. The number of hydrogen-bond donors (Lipinski definition) is 1. The number of aromatic nitrogens is 3. The van der Waals surface area contributed by atoms with Gasteiger partial charge in [-0.05, 0) is 44.9 Å². The maximum atomic E-state index is 6.02. The van der Waals surface area contributed by atoms with Gasteiger partial charge in [0.1, 0.15) is 29.3 Å². The van der Waals surface area contributed by atoms with E-state index in [9.17, 15) is 0 Å². The Morgan fingerprint density at radius 3 is 3.08 bits per heavy atom. The number of methoxy groups -OCH3 is 1. The molecule has 1 aromatic heterocycles. The van der Waals surface area contributed by atoms with Gasteiger partial charge in [-0.25, -0.2) is 0 Å². The third-order valence-electron chi connectivity index (χ3n) is 5.26. The summed E-state index contributed by atoms with van der Waals surface area (Å²) >= 11 is 0. The predicted molar refractivity (Wildman–Crippen MR) is 95.1 cm³/mol. The first-order valence-electron chi connectivity index (χ1n) is 9.10. The summed E-state index contributed by atoms with van der Waals surface area (Å²) in [5.41, 5.74) is 2.45. The molecule has 0 saturated carbocycles. The molecule has 1 N–H and O–H groups in total. The van der Waals surface area contributed by atoms with Crippen molar-refractivity contribution in [1.29, 1.82) is 0 Å². The molecule has 0 spiro atoms. The topological polar surface area (TPSA) is 61.2 Å². The Labute approximate surface area is 148 Å². The van der Waals surface area contributed by atoms with E-state index >= 15 is 0 Å². The van der Waals surface area contributed by atoms with Crippen molar-refractivity contribution in [3.05, 3.63) is 34.9 Å². The van der Waals surface area contributed by atoms with Crippen LogP contribution in [0.2, 0.25) is 0 Å². The molecule has 0 radical (unpaired) electrons. The van der Waals surface area contributed by atoms with Crippen molar-refractivity contribution >= 4 is 0 Å². The highest BCUT2D eigenvalue weighted by Gasteiger charge is 2.24. The molecule has 0 saturated heterocycles. The molecule has 2 aromatic rings. The lowest BCUT2D eigenvalue weighted by atomic mass is 9.99. The Morgan fingerprint density at radius 2 is 2.24 bits per heavy atom. The minimum atomic E-state index is 0.245. The smallest absolute Gasteiger partial charge is 0.133 e. The Hall–Kier alpha value is -2.08. The first kappa shape index (κ1) is 16.4.